The van der Waals surface area contributed by atoms with Crippen molar-refractivity contribution < 1.29 is 14.3 Å². The molecule has 0 spiro atoms. The lowest BCUT2D eigenvalue weighted by atomic mass is 9.93. The molecule has 98 valence electrons. The Morgan fingerprint density at radius 1 is 1.32 bits per heavy atom. The number of aromatic nitrogens is 1. The highest BCUT2D eigenvalue weighted by molar-refractivity contribution is 5.76. The Bertz CT molecular complexity index is 598. The van der Waals surface area contributed by atoms with Crippen LogP contribution in [0.3, 0.4) is 0 Å². The molecule has 1 unspecified atom stereocenters. The standard InChI is InChI=1S/C15H14FNO2/c1-10-5-2-3-6-11(10)9-12(15(18)19)14-13(16)7-4-8-17-14/h2-8,12H,9H2,1H3,(H,18,19). The Morgan fingerprint density at radius 3 is 2.68 bits per heavy atom. The zero-order valence-electron chi connectivity index (χ0n) is 10.5. The second-order valence-electron chi connectivity index (χ2n) is 4.39. The molecule has 2 aromatic rings. The van der Waals surface area contributed by atoms with Gasteiger partial charge in [-0.05, 0) is 36.6 Å². The predicted octanol–water partition coefficient (Wildman–Crippen LogP) is 2.94. The summed E-state index contributed by atoms with van der Waals surface area (Å²) in [5.74, 6) is -2.62. The zero-order chi connectivity index (χ0) is 13.8. The monoisotopic (exact) mass is 259 g/mol. The van der Waals surface area contributed by atoms with Crippen LogP contribution in [0.4, 0.5) is 4.39 Å². The minimum absolute atomic E-state index is 0.0155. The maximum absolute atomic E-state index is 13.7. The number of pyridine rings is 1. The van der Waals surface area contributed by atoms with Crippen LogP contribution in [0.1, 0.15) is 22.7 Å². The minimum Gasteiger partial charge on any atom is -0.481 e. The molecule has 0 fully saturated rings. The topological polar surface area (TPSA) is 50.2 Å². The van der Waals surface area contributed by atoms with E-state index in [4.69, 9.17) is 0 Å². The number of benzene rings is 1. The summed E-state index contributed by atoms with van der Waals surface area (Å²) in [5, 5.41) is 9.30. The van der Waals surface area contributed by atoms with Gasteiger partial charge >= 0.3 is 5.97 Å². The predicted molar refractivity (Wildman–Crippen MR) is 69.5 cm³/mol. The van der Waals surface area contributed by atoms with Gasteiger partial charge in [-0.1, -0.05) is 24.3 Å². The van der Waals surface area contributed by atoms with Gasteiger partial charge in [-0.15, -0.1) is 0 Å². The van der Waals surface area contributed by atoms with Crippen LogP contribution >= 0.6 is 0 Å². The van der Waals surface area contributed by atoms with Crippen LogP contribution in [-0.2, 0) is 11.2 Å². The molecule has 0 aliphatic rings. The van der Waals surface area contributed by atoms with E-state index in [-0.39, 0.29) is 12.1 Å². The van der Waals surface area contributed by atoms with Gasteiger partial charge in [0.15, 0.2) is 0 Å². The first-order valence-corrected chi connectivity index (χ1v) is 5.97. The lowest BCUT2D eigenvalue weighted by molar-refractivity contribution is -0.138. The quantitative estimate of drug-likeness (QED) is 0.918. The van der Waals surface area contributed by atoms with Crippen LogP contribution in [0.5, 0.6) is 0 Å². The molecule has 1 N–H and O–H groups in total. The highest BCUT2D eigenvalue weighted by Crippen LogP contribution is 2.23. The van der Waals surface area contributed by atoms with Crippen molar-refractivity contribution in [1.29, 1.82) is 0 Å². The highest BCUT2D eigenvalue weighted by atomic mass is 19.1. The van der Waals surface area contributed by atoms with E-state index in [1.807, 2.05) is 31.2 Å². The van der Waals surface area contributed by atoms with E-state index in [2.05, 4.69) is 4.98 Å². The number of halogens is 1. The summed E-state index contributed by atoms with van der Waals surface area (Å²) in [5.41, 5.74) is 1.86. The van der Waals surface area contributed by atoms with Gasteiger partial charge in [0.2, 0.25) is 0 Å². The molecule has 1 aromatic heterocycles. The number of nitrogens with zero attached hydrogens (tertiary/aromatic N) is 1. The van der Waals surface area contributed by atoms with Crippen molar-refractivity contribution in [2.75, 3.05) is 0 Å². The van der Waals surface area contributed by atoms with Gasteiger partial charge in [0.05, 0.1) is 5.69 Å². The summed E-state index contributed by atoms with van der Waals surface area (Å²) in [7, 11) is 0. The van der Waals surface area contributed by atoms with Crippen molar-refractivity contribution in [1.82, 2.24) is 4.98 Å². The van der Waals surface area contributed by atoms with Crippen molar-refractivity contribution in [2.24, 2.45) is 0 Å². The van der Waals surface area contributed by atoms with Crippen molar-refractivity contribution in [3.05, 3.63) is 65.2 Å². The lowest BCUT2D eigenvalue weighted by Gasteiger charge is -2.14. The third-order valence-electron chi connectivity index (χ3n) is 3.10. The normalized spacial score (nSPS) is 12.1. The molecule has 1 aromatic carbocycles. The van der Waals surface area contributed by atoms with E-state index in [0.717, 1.165) is 11.1 Å². The minimum atomic E-state index is -1.07. The molecule has 4 heteroatoms. The van der Waals surface area contributed by atoms with Gasteiger partial charge in [-0.3, -0.25) is 9.78 Å². The molecular weight excluding hydrogens is 245 g/mol. The number of hydrogen-bond acceptors (Lipinski definition) is 2. The zero-order valence-corrected chi connectivity index (χ0v) is 10.5. The Kier molecular flexibility index (Phi) is 3.90. The third-order valence-corrected chi connectivity index (χ3v) is 3.10. The van der Waals surface area contributed by atoms with Crippen molar-refractivity contribution >= 4 is 5.97 Å². The molecule has 0 amide bonds. The maximum atomic E-state index is 13.7. The summed E-state index contributed by atoms with van der Waals surface area (Å²) >= 11 is 0. The Labute approximate surface area is 110 Å². The van der Waals surface area contributed by atoms with Crippen LogP contribution in [0, 0.1) is 12.7 Å². The van der Waals surface area contributed by atoms with E-state index in [1.54, 1.807) is 0 Å². The van der Waals surface area contributed by atoms with E-state index in [9.17, 15) is 14.3 Å². The third kappa shape index (κ3) is 2.96. The fraction of sp³-hybridized carbons (Fsp3) is 0.200. The first kappa shape index (κ1) is 13.2. The van der Waals surface area contributed by atoms with Gasteiger partial charge in [0, 0.05) is 6.20 Å². The number of carboxylic acid groups (broad SMARTS) is 1. The molecule has 0 saturated carbocycles. The highest BCUT2D eigenvalue weighted by Gasteiger charge is 2.25. The van der Waals surface area contributed by atoms with Gasteiger partial charge in [-0.2, -0.15) is 0 Å². The number of aryl methyl sites for hydroxylation is 1. The summed E-state index contributed by atoms with van der Waals surface area (Å²) < 4.78 is 13.7. The molecular formula is C15H14FNO2. The summed E-state index contributed by atoms with van der Waals surface area (Å²) in [6.45, 7) is 1.91. The Hall–Kier alpha value is -2.23. The number of carboxylic acids is 1. The molecule has 3 nitrogen and oxygen atoms in total. The summed E-state index contributed by atoms with van der Waals surface area (Å²) in [6, 6.07) is 10.2. The second kappa shape index (κ2) is 5.61. The van der Waals surface area contributed by atoms with E-state index >= 15 is 0 Å². The lowest BCUT2D eigenvalue weighted by Crippen LogP contribution is -2.17. The molecule has 2 rings (SSSR count). The van der Waals surface area contributed by atoms with Crippen molar-refractivity contribution in [2.45, 2.75) is 19.3 Å². The first-order valence-electron chi connectivity index (χ1n) is 5.97. The summed E-state index contributed by atoms with van der Waals surface area (Å²) in [4.78, 5) is 15.2. The van der Waals surface area contributed by atoms with Crippen LogP contribution in [-0.4, -0.2) is 16.1 Å². The Morgan fingerprint density at radius 2 is 2.05 bits per heavy atom. The fourth-order valence-corrected chi connectivity index (χ4v) is 2.01. The van der Waals surface area contributed by atoms with E-state index in [0.29, 0.717) is 0 Å². The van der Waals surface area contributed by atoms with Crippen molar-refractivity contribution in [3.8, 4) is 0 Å². The van der Waals surface area contributed by atoms with Gasteiger partial charge < -0.3 is 5.11 Å². The van der Waals surface area contributed by atoms with Crippen LogP contribution in [0.25, 0.3) is 0 Å². The maximum Gasteiger partial charge on any atom is 0.313 e. The molecule has 0 saturated heterocycles. The van der Waals surface area contributed by atoms with Crippen molar-refractivity contribution in [3.63, 3.8) is 0 Å². The number of carbonyl (C=O) groups is 1. The number of hydrogen-bond donors (Lipinski definition) is 1. The largest absolute Gasteiger partial charge is 0.481 e. The average Bonchev–Trinajstić information content (AvgIpc) is 2.38. The number of rotatable bonds is 4. The molecule has 0 bridgehead atoms. The second-order valence-corrected chi connectivity index (χ2v) is 4.39. The van der Waals surface area contributed by atoms with Gasteiger partial charge in [0.1, 0.15) is 11.7 Å². The number of aliphatic carboxylic acids is 1. The molecule has 1 heterocycles. The molecule has 0 aliphatic heterocycles. The van der Waals surface area contributed by atoms with Crippen LogP contribution < -0.4 is 0 Å². The average molecular weight is 259 g/mol. The molecule has 19 heavy (non-hydrogen) atoms. The van der Waals surface area contributed by atoms with E-state index in [1.165, 1.54) is 18.3 Å². The molecule has 1 atom stereocenters. The van der Waals surface area contributed by atoms with Gasteiger partial charge in [0.25, 0.3) is 0 Å². The molecule has 0 aliphatic carbocycles. The molecule has 0 radical (unpaired) electrons. The Balaban J connectivity index is 2.35. The fourth-order valence-electron chi connectivity index (χ4n) is 2.01. The summed E-state index contributed by atoms with van der Waals surface area (Å²) in [6.07, 6.45) is 1.64. The smallest absolute Gasteiger partial charge is 0.313 e. The SMILES string of the molecule is Cc1ccccc1CC(C(=O)O)c1ncccc1F. The van der Waals surface area contributed by atoms with E-state index < -0.39 is 17.7 Å². The van der Waals surface area contributed by atoms with Crippen LogP contribution in [0.15, 0.2) is 42.6 Å². The van der Waals surface area contributed by atoms with Crippen LogP contribution in [0.2, 0.25) is 0 Å². The van der Waals surface area contributed by atoms with Gasteiger partial charge in [-0.25, -0.2) is 4.39 Å². The first-order chi connectivity index (χ1) is 9.09.